The van der Waals surface area contributed by atoms with Crippen molar-refractivity contribution in [1.82, 2.24) is 0 Å². The number of carbonyl (C=O) groups excluding carboxylic acids is 2. The maximum absolute atomic E-state index is 12.2. The third kappa shape index (κ3) is 1.52. The molecule has 0 aromatic heterocycles. The second-order valence-corrected chi connectivity index (χ2v) is 5.69. The van der Waals surface area contributed by atoms with E-state index in [1.54, 1.807) is 12.1 Å². The number of fused-ring (bicyclic) bond motifs is 3. The summed E-state index contributed by atoms with van der Waals surface area (Å²) in [5.74, 6) is -0.922. The first-order valence-corrected chi connectivity index (χ1v) is 6.86. The summed E-state index contributed by atoms with van der Waals surface area (Å²) in [6.45, 7) is 0. The van der Waals surface area contributed by atoms with Crippen LogP contribution in [0, 0.1) is 0 Å². The van der Waals surface area contributed by atoms with Gasteiger partial charge in [0.2, 0.25) is 11.6 Å². The van der Waals surface area contributed by atoms with E-state index in [1.165, 1.54) is 0 Å². The fourth-order valence-corrected chi connectivity index (χ4v) is 3.28. The van der Waals surface area contributed by atoms with E-state index in [0.29, 0.717) is 20.1 Å². The van der Waals surface area contributed by atoms with Crippen LogP contribution in [0.25, 0.3) is 11.1 Å². The minimum atomic E-state index is -0.461. The largest absolute Gasteiger partial charge is 0.285 e. The Kier molecular flexibility index (Phi) is 2.72. The Morgan fingerprint density at radius 3 is 1.44 bits per heavy atom. The number of rotatable bonds is 0. The Hall–Kier alpha value is -1.26. The number of hydrogen-bond acceptors (Lipinski definition) is 2. The number of hydrogen-bond donors (Lipinski definition) is 0. The highest BCUT2D eigenvalue weighted by atomic mass is 79.9. The predicted octanol–water partition coefficient (Wildman–Crippen LogP) is 4.26. The van der Waals surface area contributed by atoms with E-state index >= 15 is 0 Å². The molecule has 0 amide bonds. The van der Waals surface area contributed by atoms with Gasteiger partial charge in [0.1, 0.15) is 0 Å². The summed E-state index contributed by atoms with van der Waals surface area (Å²) < 4.78 is 1.31. The zero-order valence-corrected chi connectivity index (χ0v) is 12.2. The summed E-state index contributed by atoms with van der Waals surface area (Å²) in [7, 11) is 0. The van der Waals surface area contributed by atoms with Gasteiger partial charge in [-0.1, -0.05) is 56.1 Å². The second kappa shape index (κ2) is 4.14. The summed E-state index contributed by atoms with van der Waals surface area (Å²) in [5, 5.41) is 0. The number of carbonyl (C=O) groups is 2. The normalized spacial score (nSPS) is 13.2. The maximum Gasteiger partial charge on any atom is 0.235 e. The lowest BCUT2D eigenvalue weighted by molar-refractivity contribution is 0.0814. The Bertz CT molecular complexity index is 643. The average Bonchev–Trinajstić information content (AvgIpc) is 2.35. The molecule has 0 heterocycles. The quantitative estimate of drug-likeness (QED) is 0.654. The molecule has 4 heteroatoms. The maximum atomic E-state index is 12.2. The predicted molar refractivity (Wildman–Crippen MR) is 75.9 cm³/mol. The van der Waals surface area contributed by atoms with Crippen molar-refractivity contribution >= 4 is 43.4 Å². The highest BCUT2D eigenvalue weighted by Gasteiger charge is 2.33. The SMILES string of the molecule is O=C1C(=O)c2c(Br)cccc2-c2cccc(Br)c21. The summed E-state index contributed by atoms with van der Waals surface area (Å²) in [6, 6.07) is 11.0. The molecule has 0 spiro atoms. The van der Waals surface area contributed by atoms with Crippen LogP contribution in [0.3, 0.4) is 0 Å². The van der Waals surface area contributed by atoms with Gasteiger partial charge in [0.15, 0.2) is 0 Å². The zero-order valence-electron chi connectivity index (χ0n) is 9.04. The van der Waals surface area contributed by atoms with Crippen LogP contribution in [0.5, 0.6) is 0 Å². The van der Waals surface area contributed by atoms with E-state index in [2.05, 4.69) is 31.9 Å². The monoisotopic (exact) mass is 364 g/mol. The minimum absolute atomic E-state index is 0.452. The molecule has 2 nitrogen and oxygen atoms in total. The molecular formula is C14H6Br2O2. The van der Waals surface area contributed by atoms with Gasteiger partial charge in [-0.05, 0) is 23.3 Å². The molecule has 2 aromatic carbocycles. The van der Waals surface area contributed by atoms with Crippen molar-refractivity contribution in [2.45, 2.75) is 0 Å². The molecule has 0 atom stereocenters. The molecule has 0 aliphatic heterocycles. The number of benzene rings is 2. The first-order chi connectivity index (χ1) is 8.61. The molecule has 0 radical (unpaired) electrons. The average molecular weight is 366 g/mol. The summed E-state index contributed by atoms with van der Waals surface area (Å²) >= 11 is 6.67. The molecule has 0 N–H and O–H groups in total. The minimum Gasteiger partial charge on any atom is -0.285 e. The molecule has 0 fully saturated rings. The van der Waals surface area contributed by atoms with Gasteiger partial charge in [-0.3, -0.25) is 9.59 Å². The zero-order chi connectivity index (χ0) is 12.9. The topological polar surface area (TPSA) is 34.1 Å². The molecule has 0 bridgehead atoms. The molecule has 1 aliphatic carbocycles. The van der Waals surface area contributed by atoms with Crippen LogP contribution < -0.4 is 0 Å². The van der Waals surface area contributed by atoms with Crippen LogP contribution in [0.4, 0.5) is 0 Å². The van der Waals surface area contributed by atoms with Crippen molar-refractivity contribution in [3.8, 4) is 11.1 Å². The molecule has 3 rings (SSSR count). The van der Waals surface area contributed by atoms with E-state index in [-0.39, 0.29) is 0 Å². The second-order valence-electron chi connectivity index (χ2n) is 3.98. The van der Waals surface area contributed by atoms with Crippen LogP contribution in [-0.4, -0.2) is 11.6 Å². The fraction of sp³-hybridized carbons (Fsp3) is 0. The Morgan fingerprint density at radius 2 is 1.06 bits per heavy atom. The number of ketones is 2. The van der Waals surface area contributed by atoms with Gasteiger partial charge in [0, 0.05) is 20.1 Å². The van der Waals surface area contributed by atoms with Crippen molar-refractivity contribution < 1.29 is 9.59 Å². The van der Waals surface area contributed by atoms with Crippen LogP contribution in [-0.2, 0) is 0 Å². The van der Waals surface area contributed by atoms with Gasteiger partial charge in [0.05, 0.1) is 0 Å². The van der Waals surface area contributed by atoms with Crippen LogP contribution >= 0.6 is 31.9 Å². The molecule has 0 saturated carbocycles. The van der Waals surface area contributed by atoms with E-state index in [9.17, 15) is 9.59 Å². The highest BCUT2D eigenvalue weighted by molar-refractivity contribution is 9.10. The van der Waals surface area contributed by atoms with Gasteiger partial charge >= 0.3 is 0 Å². The molecule has 0 unspecified atom stereocenters. The van der Waals surface area contributed by atoms with Gasteiger partial charge in [-0.2, -0.15) is 0 Å². The van der Waals surface area contributed by atoms with Gasteiger partial charge < -0.3 is 0 Å². The lowest BCUT2D eigenvalue weighted by Crippen LogP contribution is -2.22. The van der Waals surface area contributed by atoms with Crippen LogP contribution in [0.2, 0.25) is 0 Å². The van der Waals surface area contributed by atoms with E-state index < -0.39 is 11.6 Å². The van der Waals surface area contributed by atoms with Gasteiger partial charge in [-0.25, -0.2) is 0 Å². The van der Waals surface area contributed by atoms with E-state index in [0.717, 1.165) is 11.1 Å². The number of halogens is 2. The smallest absolute Gasteiger partial charge is 0.235 e. The summed E-state index contributed by atoms with van der Waals surface area (Å²) in [5.41, 5.74) is 2.50. The molecular weight excluding hydrogens is 360 g/mol. The van der Waals surface area contributed by atoms with Crippen molar-refractivity contribution in [3.63, 3.8) is 0 Å². The van der Waals surface area contributed by atoms with Crippen LogP contribution in [0.1, 0.15) is 20.7 Å². The van der Waals surface area contributed by atoms with Gasteiger partial charge in [-0.15, -0.1) is 0 Å². The lowest BCUT2D eigenvalue weighted by Gasteiger charge is -2.19. The summed E-state index contributed by atoms with van der Waals surface area (Å²) in [6.07, 6.45) is 0. The van der Waals surface area contributed by atoms with Crippen molar-refractivity contribution in [2.75, 3.05) is 0 Å². The van der Waals surface area contributed by atoms with E-state index in [1.807, 2.05) is 24.3 Å². The number of Topliss-reactive ketones (excluding diaryl/α,β-unsaturated/α-hetero) is 2. The van der Waals surface area contributed by atoms with Crippen molar-refractivity contribution in [1.29, 1.82) is 0 Å². The Morgan fingerprint density at radius 1 is 0.667 bits per heavy atom. The van der Waals surface area contributed by atoms with E-state index in [4.69, 9.17) is 0 Å². The fourth-order valence-electron chi connectivity index (χ4n) is 2.19. The first-order valence-electron chi connectivity index (χ1n) is 5.27. The third-order valence-electron chi connectivity index (χ3n) is 2.98. The molecule has 1 aliphatic rings. The van der Waals surface area contributed by atoms with Crippen LogP contribution in [0.15, 0.2) is 45.3 Å². The molecule has 0 saturated heterocycles. The Labute approximate surface area is 120 Å². The van der Waals surface area contributed by atoms with Crippen molar-refractivity contribution in [3.05, 3.63) is 56.5 Å². The third-order valence-corrected chi connectivity index (χ3v) is 4.30. The summed E-state index contributed by atoms with van der Waals surface area (Å²) in [4.78, 5) is 24.3. The highest BCUT2D eigenvalue weighted by Crippen LogP contribution is 2.39. The lowest BCUT2D eigenvalue weighted by atomic mass is 9.84. The molecule has 88 valence electrons. The van der Waals surface area contributed by atoms with Gasteiger partial charge in [0.25, 0.3) is 0 Å². The molecule has 18 heavy (non-hydrogen) atoms. The Balaban J connectivity index is 2.46. The molecule has 2 aromatic rings. The van der Waals surface area contributed by atoms with Crippen molar-refractivity contribution in [2.24, 2.45) is 0 Å². The first kappa shape index (κ1) is 11.8. The standard InChI is InChI=1S/C14H6Br2O2/c15-9-5-1-3-7-8-4-2-6-10(16)12(8)14(18)13(17)11(7)9/h1-6H.